The van der Waals surface area contributed by atoms with Gasteiger partial charge in [-0.25, -0.2) is 17.9 Å². The number of methoxy groups -OCH3 is 1. The van der Waals surface area contributed by atoms with Gasteiger partial charge in [0.05, 0.1) is 17.6 Å². The molecule has 0 aliphatic rings. The van der Waals surface area contributed by atoms with E-state index >= 15 is 0 Å². The third kappa shape index (κ3) is 5.13. The number of hydrogen-bond donors (Lipinski definition) is 1. The van der Waals surface area contributed by atoms with E-state index in [1.54, 1.807) is 6.92 Å². The van der Waals surface area contributed by atoms with E-state index in [2.05, 4.69) is 16.4 Å². The molecule has 0 saturated heterocycles. The van der Waals surface area contributed by atoms with Crippen molar-refractivity contribution in [1.29, 1.82) is 0 Å². The summed E-state index contributed by atoms with van der Waals surface area (Å²) in [6, 6.07) is 4.43. The molecule has 0 amide bonds. The van der Waals surface area contributed by atoms with Crippen LogP contribution < -0.4 is 4.72 Å². The van der Waals surface area contributed by atoms with Crippen LogP contribution in [-0.4, -0.2) is 28.0 Å². The summed E-state index contributed by atoms with van der Waals surface area (Å²) in [6.07, 6.45) is 4.06. The predicted octanol–water partition coefficient (Wildman–Crippen LogP) is 2.64. The molecular weight excluding hydrogens is 290 g/mol. The van der Waals surface area contributed by atoms with Crippen LogP contribution in [0.5, 0.6) is 0 Å². The standard InChI is InChI=1S/C15H23NO4S/c1-4-5-6-7-10-16-21(18,19)14-9-8-13(11-12(14)2)15(17)20-3/h8-9,11,16H,4-7,10H2,1-3H3. The molecule has 0 fully saturated rings. The van der Waals surface area contributed by atoms with Gasteiger partial charge in [0.2, 0.25) is 10.0 Å². The lowest BCUT2D eigenvalue weighted by Gasteiger charge is -2.10. The first-order valence-electron chi connectivity index (χ1n) is 7.11. The molecule has 0 aromatic heterocycles. The Labute approximate surface area is 126 Å². The summed E-state index contributed by atoms with van der Waals surface area (Å²) in [6.45, 7) is 4.20. The van der Waals surface area contributed by atoms with E-state index < -0.39 is 16.0 Å². The first kappa shape index (κ1) is 17.7. The second kappa shape index (κ2) is 8.14. The Balaban J connectivity index is 2.77. The van der Waals surface area contributed by atoms with Crippen LogP contribution in [0.15, 0.2) is 23.1 Å². The number of ether oxygens (including phenoxy) is 1. The fourth-order valence-corrected chi connectivity index (χ4v) is 3.33. The maximum Gasteiger partial charge on any atom is 0.337 e. The van der Waals surface area contributed by atoms with E-state index in [0.717, 1.165) is 25.7 Å². The van der Waals surface area contributed by atoms with Gasteiger partial charge >= 0.3 is 5.97 Å². The molecule has 0 spiro atoms. The highest BCUT2D eigenvalue weighted by Gasteiger charge is 2.17. The Bertz CT molecular complexity index is 581. The van der Waals surface area contributed by atoms with Crippen molar-refractivity contribution in [2.24, 2.45) is 0 Å². The molecule has 0 bridgehead atoms. The summed E-state index contributed by atoms with van der Waals surface area (Å²) in [5.74, 6) is -0.477. The van der Waals surface area contributed by atoms with E-state index in [0.29, 0.717) is 17.7 Å². The molecule has 21 heavy (non-hydrogen) atoms. The number of hydrogen-bond acceptors (Lipinski definition) is 4. The van der Waals surface area contributed by atoms with E-state index in [1.807, 2.05) is 0 Å². The maximum absolute atomic E-state index is 12.2. The number of carbonyl (C=O) groups excluding carboxylic acids is 1. The zero-order valence-electron chi connectivity index (χ0n) is 12.8. The van der Waals surface area contributed by atoms with Crippen LogP contribution in [0.4, 0.5) is 0 Å². The second-order valence-electron chi connectivity index (χ2n) is 4.93. The van der Waals surface area contributed by atoms with Gasteiger partial charge in [0.1, 0.15) is 0 Å². The third-order valence-electron chi connectivity index (χ3n) is 3.21. The largest absolute Gasteiger partial charge is 0.465 e. The lowest BCUT2D eigenvalue weighted by Crippen LogP contribution is -2.25. The number of aryl methyl sites for hydroxylation is 1. The topological polar surface area (TPSA) is 72.5 Å². The first-order valence-corrected chi connectivity index (χ1v) is 8.59. The van der Waals surface area contributed by atoms with Crippen LogP contribution in [0, 0.1) is 6.92 Å². The highest BCUT2D eigenvalue weighted by atomic mass is 32.2. The summed E-state index contributed by atoms with van der Waals surface area (Å²) in [5, 5.41) is 0. The molecule has 1 aromatic carbocycles. The molecule has 5 nitrogen and oxygen atoms in total. The molecule has 1 aromatic rings. The Morgan fingerprint density at radius 1 is 1.24 bits per heavy atom. The highest BCUT2D eigenvalue weighted by molar-refractivity contribution is 7.89. The maximum atomic E-state index is 12.2. The lowest BCUT2D eigenvalue weighted by molar-refractivity contribution is 0.0600. The number of unbranched alkanes of at least 4 members (excludes halogenated alkanes) is 3. The van der Waals surface area contributed by atoms with Gasteiger partial charge in [0.25, 0.3) is 0 Å². The molecule has 0 heterocycles. The van der Waals surface area contributed by atoms with Gasteiger partial charge in [0, 0.05) is 6.54 Å². The van der Waals surface area contributed by atoms with Crippen molar-refractivity contribution in [3.63, 3.8) is 0 Å². The quantitative estimate of drug-likeness (QED) is 0.591. The van der Waals surface area contributed by atoms with Crippen molar-refractivity contribution in [3.05, 3.63) is 29.3 Å². The molecule has 6 heteroatoms. The summed E-state index contributed by atoms with van der Waals surface area (Å²) in [7, 11) is -2.24. The molecule has 0 atom stereocenters. The smallest absolute Gasteiger partial charge is 0.337 e. The van der Waals surface area contributed by atoms with Crippen LogP contribution in [0.3, 0.4) is 0 Å². The van der Waals surface area contributed by atoms with E-state index in [9.17, 15) is 13.2 Å². The molecule has 1 N–H and O–H groups in total. The van der Waals surface area contributed by atoms with Crippen LogP contribution in [0.25, 0.3) is 0 Å². The van der Waals surface area contributed by atoms with Gasteiger partial charge in [-0.1, -0.05) is 26.2 Å². The average Bonchev–Trinajstić information content (AvgIpc) is 2.45. The second-order valence-corrected chi connectivity index (χ2v) is 6.67. The monoisotopic (exact) mass is 313 g/mol. The predicted molar refractivity (Wildman–Crippen MR) is 81.8 cm³/mol. The SMILES string of the molecule is CCCCCCNS(=O)(=O)c1ccc(C(=O)OC)cc1C. The third-order valence-corrected chi connectivity index (χ3v) is 4.83. The van der Waals surface area contributed by atoms with Crippen molar-refractivity contribution >= 4 is 16.0 Å². The average molecular weight is 313 g/mol. The number of nitrogens with one attached hydrogen (secondary N) is 1. The molecule has 0 saturated carbocycles. The highest BCUT2D eigenvalue weighted by Crippen LogP contribution is 2.17. The van der Waals surface area contributed by atoms with Gasteiger partial charge < -0.3 is 4.74 Å². The van der Waals surface area contributed by atoms with Crippen LogP contribution in [0.2, 0.25) is 0 Å². The molecule has 0 aliphatic heterocycles. The van der Waals surface area contributed by atoms with Crippen molar-refractivity contribution in [2.45, 2.75) is 44.4 Å². The van der Waals surface area contributed by atoms with Crippen molar-refractivity contribution in [2.75, 3.05) is 13.7 Å². The van der Waals surface area contributed by atoms with Crippen molar-refractivity contribution < 1.29 is 17.9 Å². The van der Waals surface area contributed by atoms with E-state index in [4.69, 9.17) is 0 Å². The molecule has 118 valence electrons. The number of esters is 1. The van der Waals surface area contributed by atoms with Crippen molar-refractivity contribution in [3.8, 4) is 0 Å². The Morgan fingerprint density at radius 3 is 2.52 bits per heavy atom. The van der Waals surface area contributed by atoms with Gasteiger partial charge in [-0.3, -0.25) is 0 Å². The van der Waals surface area contributed by atoms with Gasteiger partial charge in [0.15, 0.2) is 0 Å². The molecular formula is C15H23NO4S. The fraction of sp³-hybridized carbons (Fsp3) is 0.533. The first-order chi connectivity index (χ1) is 9.92. The molecule has 0 unspecified atom stereocenters. The zero-order valence-corrected chi connectivity index (χ0v) is 13.6. The Hall–Kier alpha value is -1.40. The fourth-order valence-electron chi connectivity index (χ4n) is 2.03. The van der Waals surface area contributed by atoms with Gasteiger partial charge in [-0.2, -0.15) is 0 Å². The minimum absolute atomic E-state index is 0.200. The Morgan fingerprint density at radius 2 is 1.95 bits per heavy atom. The van der Waals surface area contributed by atoms with Crippen LogP contribution in [-0.2, 0) is 14.8 Å². The number of sulfonamides is 1. The van der Waals surface area contributed by atoms with E-state index in [-0.39, 0.29) is 4.90 Å². The summed E-state index contributed by atoms with van der Waals surface area (Å²) >= 11 is 0. The van der Waals surface area contributed by atoms with E-state index in [1.165, 1.54) is 25.3 Å². The summed E-state index contributed by atoms with van der Waals surface area (Å²) in [4.78, 5) is 11.6. The summed E-state index contributed by atoms with van der Waals surface area (Å²) in [5.41, 5.74) is 0.871. The minimum atomic E-state index is -3.53. The number of carbonyl (C=O) groups is 1. The number of benzene rings is 1. The summed E-state index contributed by atoms with van der Waals surface area (Å²) < 4.78 is 31.6. The molecule has 0 radical (unpaired) electrons. The normalized spacial score (nSPS) is 11.4. The van der Waals surface area contributed by atoms with Gasteiger partial charge in [-0.05, 0) is 37.1 Å². The zero-order chi connectivity index (χ0) is 15.9. The van der Waals surface area contributed by atoms with Gasteiger partial charge in [-0.15, -0.1) is 0 Å². The lowest BCUT2D eigenvalue weighted by atomic mass is 10.1. The Kier molecular flexibility index (Phi) is 6.84. The van der Waals surface area contributed by atoms with Crippen LogP contribution >= 0.6 is 0 Å². The minimum Gasteiger partial charge on any atom is -0.465 e. The number of rotatable bonds is 8. The molecule has 1 rings (SSSR count). The van der Waals surface area contributed by atoms with Crippen LogP contribution in [0.1, 0.15) is 48.5 Å². The molecule has 0 aliphatic carbocycles. The van der Waals surface area contributed by atoms with Crippen molar-refractivity contribution in [1.82, 2.24) is 4.72 Å².